The molecule has 0 bridgehead atoms. The van der Waals surface area contributed by atoms with E-state index in [4.69, 9.17) is 10.5 Å². The molecule has 1 heterocycles. The third kappa shape index (κ3) is 2.48. The third-order valence-electron chi connectivity index (χ3n) is 2.11. The summed E-state index contributed by atoms with van der Waals surface area (Å²) in [5, 5.41) is 0. The summed E-state index contributed by atoms with van der Waals surface area (Å²) in [6.45, 7) is 2.30. The Hall–Kier alpha value is -2.10. The van der Waals surface area contributed by atoms with Crippen molar-refractivity contribution >= 4 is 5.82 Å². The minimum Gasteiger partial charge on any atom is -0.470 e. The van der Waals surface area contributed by atoms with Gasteiger partial charge in [0.15, 0.2) is 5.82 Å². The Morgan fingerprint density at radius 1 is 1.25 bits per heavy atom. The first-order valence-corrected chi connectivity index (χ1v) is 5.01. The molecule has 0 fully saturated rings. The number of benzene rings is 1. The van der Waals surface area contributed by atoms with E-state index in [0.29, 0.717) is 18.3 Å². The van der Waals surface area contributed by atoms with E-state index in [0.717, 1.165) is 11.3 Å². The van der Waals surface area contributed by atoms with Crippen LogP contribution in [-0.4, -0.2) is 9.97 Å². The van der Waals surface area contributed by atoms with Gasteiger partial charge in [-0.25, -0.2) is 9.97 Å². The predicted molar refractivity (Wildman–Crippen MR) is 62.0 cm³/mol. The molecule has 0 unspecified atom stereocenters. The lowest BCUT2D eigenvalue weighted by Gasteiger charge is -2.07. The lowest BCUT2D eigenvalue weighted by atomic mass is 10.2. The average Bonchev–Trinajstić information content (AvgIpc) is 2.32. The van der Waals surface area contributed by atoms with Gasteiger partial charge in [-0.3, -0.25) is 0 Å². The molecule has 0 aliphatic heterocycles. The Morgan fingerprint density at radius 2 is 2.00 bits per heavy atom. The summed E-state index contributed by atoms with van der Waals surface area (Å²) in [5.41, 5.74) is 7.52. The molecule has 16 heavy (non-hydrogen) atoms. The molecule has 4 nitrogen and oxygen atoms in total. The quantitative estimate of drug-likeness (QED) is 0.850. The van der Waals surface area contributed by atoms with Gasteiger partial charge in [-0.05, 0) is 12.5 Å². The van der Waals surface area contributed by atoms with Crippen molar-refractivity contribution in [1.29, 1.82) is 0 Å². The van der Waals surface area contributed by atoms with Crippen molar-refractivity contribution in [3.05, 3.63) is 47.8 Å². The Bertz CT molecular complexity index is 471. The summed E-state index contributed by atoms with van der Waals surface area (Å²) >= 11 is 0. The molecule has 0 amide bonds. The van der Waals surface area contributed by atoms with Crippen LogP contribution in [0.3, 0.4) is 0 Å². The summed E-state index contributed by atoms with van der Waals surface area (Å²) in [6.07, 6.45) is 1.62. The van der Waals surface area contributed by atoms with Crippen LogP contribution in [0.1, 0.15) is 11.3 Å². The van der Waals surface area contributed by atoms with Crippen LogP contribution in [0.5, 0.6) is 5.88 Å². The highest BCUT2D eigenvalue weighted by molar-refractivity contribution is 5.40. The van der Waals surface area contributed by atoms with Gasteiger partial charge in [-0.15, -0.1) is 0 Å². The fraction of sp³-hybridized carbons (Fsp3) is 0.167. The normalized spacial score (nSPS) is 10.1. The van der Waals surface area contributed by atoms with Crippen LogP contribution in [0.4, 0.5) is 5.82 Å². The van der Waals surface area contributed by atoms with Gasteiger partial charge in [0.1, 0.15) is 6.61 Å². The fourth-order valence-electron chi connectivity index (χ4n) is 1.30. The van der Waals surface area contributed by atoms with Gasteiger partial charge in [-0.2, -0.15) is 0 Å². The molecule has 0 atom stereocenters. The zero-order valence-corrected chi connectivity index (χ0v) is 9.05. The van der Waals surface area contributed by atoms with Crippen molar-refractivity contribution in [3.63, 3.8) is 0 Å². The number of hydrogen-bond donors (Lipinski definition) is 1. The van der Waals surface area contributed by atoms with Crippen molar-refractivity contribution in [2.45, 2.75) is 13.5 Å². The van der Waals surface area contributed by atoms with E-state index in [1.54, 1.807) is 6.20 Å². The Balaban J connectivity index is 2.08. The lowest BCUT2D eigenvalue weighted by Crippen LogP contribution is -2.03. The highest BCUT2D eigenvalue weighted by atomic mass is 16.5. The summed E-state index contributed by atoms with van der Waals surface area (Å²) in [4.78, 5) is 8.16. The molecule has 0 saturated heterocycles. The van der Waals surface area contributed by atoms with E-state index >= 15 is 0 Å². The van der Waals surface area contributed by atoms with Crippen LogP contribution in [0.15, 0.2) is 36.5 Å². The zero-order chi connectivity index (χ0) is 11.4. The average molecular weight is 215 g/mol. The van der Waals surface area contributed by atoms with E-state index in [1.165, 1.54) is 0 Å². The van der Waals surface area contributed by atoms with Gasteiger partial charge in [0.2, 0.25) is 0 Å². The largest absolute Gasteiger partial charge is 0.470 e. The number of anilines is 1. The van der Waals surface area contributed by atoms with E-state index < -0.39 is 0 Å². The van der Waals surface area contributed by atoms with Gasteiger partial charge in [0.25, 0.3) is 5.88 Å². The minimum absolute atomic E-state index is 0.321. The van der Waals surface area contributed by atoms with Gasteiger partial charge < -0.3 is 10.5 Å². The molecule has 0 spiro atoms. The summed E-state index contributed by atoms with van der Waals surface area (Å²) < 4.78 is 5.51. The molecule has 0 saturated carbocycles. The molecule has 0 aliphatic rings. The van der Waals surface area contributed by atoms with Gasteiger partial charge >= 0.3 is 0 Å². The molecule has 4 heteroatoms. The van der Waals surface area contributed by atoms with Crippen molar-refractivity contribution in [1.82, 2.24) is 9.97 Å². The standard InChI is InChI=1S/C12H13N3O/c1-9-7-14-11(13)12(15-9)16-8-10-5-3-2-4-6-10/h2-7H,8H2,1H3,(H2,13,14). The Kier molecular flexibility index (Phi) is 3.00. The number of rotatable bonds is 3. The maximum Gasteiger partial charge on any atom is 0.257 e. The second-order valence-corrected chi connectivity index (χ2v) is 3.48. The van der Waals surface area contributed by atoms with Gasteiger partial charge in [-0.1, -0.05) is 30.3 Å². The van der Waals surface area contributed by atoms with E-state index in [-0.39, 0.29) is 0 Å². The van der Waals surface area contributed by atoms with Crippen molar-refractivity contribution < 1.29 is 4.74 Å². The Labute approximate surface area is 94.1 Å². The number of aromatic nitrogens is 2. The molecule has 2 rings (SSSR count). The number of aryl methyl sites for hydroxylation is 1. The molecule has 2 aromatic rings. The van der Waals surface area contributed by atoms with Crippen LogP contribution in [0.2, 0.25) is 0 Å². The SMILES string of the molecule is Cc1cnc(N)c(OCc2ccccc2)n1. The van der Waals surface area contributed by atoms with Gasteiger partial charge in [0, 0.05) is 0 Å². The van der Waals surface area contributed by atoms with Crippen LogP contribution in [0.25, 0.3) is 0 Å². The first-order chi connectivity index (χ1) is 7.75. The van der Waals surface area contributed by atoms with Crippen LogP contribution >= 0.6 is 0 Å². The van der Waals surface area contributed by atoms with Crippen LogP contribution in [-0.2, 0) is 6.61 Å². The molecule has 1 aromatic carbocycles. The minimum atomic E-state index is 0.321. The van der Waals surface area contributed by atoms with E-state index in [9.17, 15) is 0 Å². The van der Waals surface area contributed by atoms with Crippen LogP contribution in [0, 0.1) is 6.92 Å². The van der Waals surface area contributed by atoms with E-state index in [2.05, 4.69) is 9.97 Å². The lowest BCUT2D eigenvalue weighted by molar-refractivity contribution is 0.294. The number of nitrogen functional groups attached to an aromatic ring is 1. The molecule has 1 aromatic heterocycles. The maximum atomic E-state index is 5.65. The van der Waals surface area contributed by atoms with Crippen LogP contribution < -0.4 is 10.5 Å². The number of nitrogens with two attached hydrogens (primary N) is 1. The van der Waals surface area contributed by atoms with E-state index in [1.807, 2.05) is 37.3 Å². The second kappa shape index (κ2) is 4.61. The second-order valence-electron chi connectivity index (χ2n) is 3.48. The molecule has 2 N–H and O–H groups in total. The smallest absolute Gasteiger partial charge is 0.257 e. The van der Waals surface area contributed by atoms with Gasteiger partial charge in [0.05, 0.1) is 11.9 Å². The number of ether oxygens (including phenoxy) is 1. The maximum absolute atomic E-state index is 5.65. The highest BCUT2D eigenvalue weighted by Crippen LogP contribution is 2.16. The monoisotopic (exact) mass is 215 g/mol. The van der Waals surface area contributed by atoms with Crippen molar-refractivity contribution in [3.8, 4) is 5.88 Å². The predicted octanol–water partition coefficient (Wildman–Crippen LogP) is 1.95. The molecule has 0 radical (unpaired) electrons. The third-order valence-corrected chi connectivity index (χ3v) is 2.11. The summed E-state index contributed by atoms with van der Waals surface area (Å²) in [7, 11) is 0. The molecule has 0 aliphatic carbocycles. The Morgan fingerprint density at radius 3 is 2.75 bits per heavy atom. The fourth-order valence-corrected chi connectivity index (χ4v) is 1.30. The topological polar surface area (TPSA) is 61.0 Å². The highest BCUT2D eigenvalue weighted by Gasteiger charge is 2.03. The number of hydrogen-bond acceptors (Lipinski definition) is 4. The summed E-state index contributed by atoms with van der Waals surface area (Å²) in [6, 6.07) is 9.86. The zero-order valence-electron chi connectivity index (χ0n) is 9.05. The molecular weight excluding hydrogens is 202 g/mol. The summed E-state index contributed by atoms with van der Waals surface area (Å²) in [5.74, 6) is 0.713. The molecule has 82 valence electrons. The number of nitrogens with zero attached hydrogens (tertiary/aromatic N) is 2. The molecular formula is C12H13N3O. The van der Waals surface area contributed by atoms with Crippen molar-refractivity contribution in [2.24, 2.45) is 0 Å². The van der Waals surface area contributed by atoms with Crippen molar-refractivity contribution in [2.75, 3.05) is 5.73 Å². The first-order valence-electron chi connectivity index (χ1n) is 5.01. The first kappa shape index (κ1) is 10.4.